The number of hydrazone groups is 1. The number of carbonyl (C=O) groups excluding carboxylic acids is 1. The summed E-state index contributed by atoms with van der Waals surface area (Å²) in [4.78, 5) is 16.7. The molecule has 0 aliphatic rings. The van der Waals surface area contributed by atoms with Crippen molar-refractivity contribution in [2.75, 3.05) is 18.0 Å². The largest absolute Gasteiger partial charge is 0.495 e. The van der Waals surface area contributed by atoms with Gasteiger partial charge < -0.3 is 4.74 Å². The summed E-state index contributed by atoms with van der Waals surface area (Å²) in [6, 6.07) is 16.1. The summed E-state index contributed by atoms with van der Waals surface area (Å²) < 4.78 is 32.8. The fourth-order valence-electron chi connectivity index (χ4n) is 2.75. The van der Waals surface area contributed by atoms with Gasteiger partial charge in [0.05, 0.1) is 34.6 Å². The number of sulfonamides is 1. The lowest BCUT2D eigenvalue weighted by Gasteiger charge is -2.24. The molecule has 2 aromatic carbocycles. The first-order valence-corrected chi connectivity index (χ1v) is 11.3. The number of hydrogen-bond donors (Lipinski definition) is 1. The molecule has 0 aliphatic heterocycles. The molecular weight excluding hydrogens is 452 g/mol. The van der Waals surface area contributed by atoms with Crippen molar-refractivity contribution in [1.29, 1.82) is 0 Å². The number of methoxy groups -OCH3 is 1. The quantitative estimate of drug-likeness (QED) is 0.400. The van der Waals surface area contributed by atoms with Crippen LogP contribution in [-0.4, -0.2) is 39.2 Å². The molecule has 0 saturated heterocycles. The first kappa shape index (κ1) is 23.2. The lowest BCUT2D eigenvalue weighted by atomic mass is 10.2. The molecule has 1 amide bonds. The molecule has 0 unspecified atom stereocenters. The second-order valence-corrected chi connectivity index (χ2v) is 8.96. The van der Waals surface area contributed by atoms with Crippen LogP contribution in [0.15, 0.2) is 76.9 Å². The Morgan fingerprint density at radius 1 is 1.19 bits per heavy atom. The van der Waals surface area contributed by atoms with Gasteiger partial charge in [-0.25, -0.2) is 13.8 Å². The maximum absolute atomic E-state index is 13.4. The number of aromatic nitrogens is 1. The van der Waals surface area contributed by atoms with Crippen molar-refractivity contribution in [2.45, 2.75) is 11.8 Å². The van der Waals surface area contributed by atoms with Crippen LogP contribution in [0.5, 0.6) is 5.75 Å². The Bertz CT molecular complexity index is 1220. The SMILES string of the molecule is COc1ccc(N(CC(=O)N/N=C\c2ccccn2)S(=O)(=O)c2ccc(C)cc2)cc1Cl. The fraction of sp³-hybridized carbons (Fsp3) is 0.136. The highest BCUT2D eigenvalue weighted by Gasteiger charge is 2.27. The van der Waals surface area contributed by atoms with Crippen LogP contribution in [0.1, 0.15) is 11.3 Å². The zero-order valence-corrected chi connectivity index (χ0v) is 19.0. The van der Waals surface area contributed by atoms with Gasteiger partial charge in [-0.05, 0) is 49.4 Å². The van der Waals surface area contributed by atoms with Gasteiger partial charge in [0.1, 0.15) is 12.3 Å². The van der Waals surface area contributed by atoms with Gasteiger partial charge in [-0.3, -0.25) is 14.1 Å². The molecule has 0 bridgehead atoms. The average Bonchev–Trinajstić information content (AvgIpc) is 2.78. The third-order valence-corrected chi connectivity index (χ3v) is 6.48. The molecule has 1 heterocycles. The van der Waals surface area contributed by atoms with Gasteiger partial charge in [0.2, 0.25) is 0 Å². The van der Waals surface area contributed by atoms with E-state index in [4.69, 9.17) is 16.3 Å². The topological polar surface area (TPSA) is 101 Å². The Kier molecular flexibility index (Phi) is 7.45. The first-order valence-electron chi connectivity index (χ1n) is 9.47. The molecule has 1 aromatic heterocycles. The molecule has 0 spiro atoms. The molecule has 0 radical (unpaired) electrons. The lowest BCUT2D eigenvalue weighted by Crippen LogP contribution is -2.39. The number of halogens is 1. The Morgan fingerprint density at radius 2 is 1.94 bits per heavy atom. The molecule has 3 rings (SSSR count). The van der Waals surface area contributed by atoms with E-state index in [0.29, 0.717) is 11.4 Å². The third kappa shape index (κ3) is 5.63. The number of aryl methyl sites for hydroxylation is 1. The van der Waals surface area contributed by atoms with Crippen molar-refractivity contribution < 1.29 is 17.9 Å². The van der Waals surface area contributed by atoms with E-state index in [-0.39, 0.29) is 15.6 Å². The van der Waals surface area contributed by atoms with Crippen LogP contribution in [0.25, 0.3) is 0 Å². The summed E-state index contributed by atoms with van der Waals surface area (Å²) >= 11 is 6.20. The Morgan fingerprint density at radius 3 is 2.56 bits per heavy atom. The second kappa shape index (κ2) is 10.3. The minimum absolute atomic E-state index is 0.0415. The average molecular weight is 473 g/mol. The van der Waals surface area contributed by atoms with Crippen molar-refractivity contribution in [1.82, 2.24) is 10.4 Å². The van der Waals surface area contributed by atoms with Crippen molar-refractivity contribution in [3.63, 3.8) is 0 Å². The standard InChI is InChI=1S/C22H21ClN4O4S/c1-16-6-9-19(10-7-16)32(29,30)27(18-8-11-21(31-2)20(23)13-18)15-22(28)26-25-14-17-5-3-4-12-24-17/h3-14H,15H2,1-2H3,(H,26,28)/b25-14-. The Labute approximate surface area is 191 Å². The fourth-order valence-corrected chi connectivity index (χ4v) is 4.42. The number of amides is 1. The molecule has 1 N–H and O–H groups in total. The van der Waals surface area contributed by atoms with E-state index >= 15 is 0 Å². The predicted octanol–water partition coefficient (Wildman–Crippen LogP) is 3.40. The number of hydrogen-bond acceptors (Lipinski definition) is 6. The van der Waals surface area contributed by atoms with Gasteiger partial charge in [-0.2, -0.15) is 5.10 Å². The first-order chi connectivity index (χ1) is 15.3. The van der Waals surface area contributed by atoms with Crippen LogP contribution in [0.2, 0.25) is 5.02 Å². The minimum Gasteiger partial charge on any atom is -0.495 e. The monoisotopic (exact) mass is 472 g/mol. The van der Waals surface area contributed by atoms with Crippen LogP contribution in [0.3, 0.4) is 0 Å². The van der Waals surface area contributed by atoms with Crippen LogP contribution in [0, 0.1) is 6.92 Å². The minimum atomic E-state index is -4.07. The van der Waals surface area contributed by atoms with Gasteiger partial charge in [0.15, 0.2) is 0 Å². The van der Waals surface area contributed by atoms with Crippen LogP contribution < -0.4 is 14.5 Å². The van der Waals surface area contributed by atoms with Crippen molar-refractivity contribution in [3.8, 4) is 5.75 Å². The summed E-state index contributed by atoms with van der Waals surface area (Å²) in [6.07, 6.45) is 2.95. The summed E-state index contributed by atoms with van der Waals surface area (Å²) in [5.41, 5.74) is 3.98. The number of ether oxygens (including phenoxy) is 1. The number of pyridine rings is 1. The van der Waals surface area contributed by atoms with E-state index in [9.17, 15) is 13.2 Å². The van der Waals surface area contributed by atoms with Crippen LogP contribution in [0.4, 0.5) is 5.69 Å². The van der Waals surface area contributed by atoms with Gasteiger partial charge in [0.25, 0.3) is 15.9 Å². The second-order valence-electron chi connectivity index (χ2n) is 6.69. The number of nitrogens with zero attached hydrogens (tertiary/aromatic N) is 3. The number of rotatable bonds is 8. The normalized spacial score (nSPS) is 11.3. The maximum Gasteiger partial charge on any atom is 0.264 e. The summed E-state index contributed by atoms with van der Waals surface area (Å²) in [5, 5.41) is 4.06. The summed E-state index contributed by atoms with van der Waals surface area (Å²) in [6.45, 7) is 1.34. The Balaban J connectivity index is 1.89. The number of benzene rings is 2. The number of anilines is 1. The summed E-state index contributed by atoms with van der Waals surface area (Å²) in [7, 11) is -2.62. The van der Waals surface area contributed by atoms with Crippen LogP contribution in [-0.2, 0) is 14.8 Å². The van der Waals surface area contributed by atoms with Gasteiger partial charge in [0, 0.05) is 6.20 Å². The van der Waals surface area contributed by atoms with Gasteiger partial charge >= 0.3 is 0 Å². The molecule has 0 atom stereocenters. The van der Waals surface area contributed by atoms with E-state index in [0.717, 1.165) is 9.87 Å². The molecule has 32 heavy (non-hydrogen) atoms. The van der Waals surface area contributed by atoms with Gasteiger partial charge in [-0.15, -0.1) is 0 Å². The molecule has 166 valence electrons. The van der Waals surface area contributed by atoms with E-state index in [1.54, 1.807) is 36.5 Å². The molecule has 10 heteroatoms. The number of nitrogens with one attached hydrogen (secondary N) is 1. The molecule has 0 fully saturated rings. The van der Waals surface area contributed by atoms with Crippen molar-refractivity contribution in [3.05, 3.63) is 83.1 Å². The van der Waals surface area contributed by atoms with Crippen molar-refractivity contribution >= 4 is 39.4 Å². The molecule has 0 aliphatic carbocycles. The molecular formula is C22H21ClN4O4S. The van der Waals surface area contributed by atoms with Gasteiger partial charge in [-0.1, -0.05) is 35.4 Å². The molecule has 0 saturated carbocycles. The van der Waals surface area contributed by atoms with Crippen LogP contribution >= 0.6 is 11.6 Å². The molecule has 8 nitrogen and oxygen atoms in total. The molecule has 3 aromatic rings. The number of carbonyl (C=O) groups is 1. The van der Waals surface area contributed by atoms with E-state index in [2.05, 4.69) is 15.5 Å². The zero-order chi connectivity index (χ0) is 23.1. The smallest absolute Gasteiger partial charge is 0.264 e. The lowest BCUT2D eigenvalue weighted by molar-refractivity contribution is -0.119. The van der Waals surface area contributed by atoms with E-state index < -0.39 is 22.5 Å². The highest BCUT2D eigenvalue weighted by molar-refractivity contribution is 7.92. The highest BCUT2D eigenvalue weighted by Crippen LogP contribution is 2.31. The predicted molar refractivity (Wildman–Crippen MR) is 124 cm³/mol. The van der Waals surface area contributed by atoms with Crippen molar-refractivity contribution in [2.24, 2.45) is 5.10 Å². The van der Waals surface area contributed by atoms with E-state index in [1.807, 2.05) is 6.92 Å². The Hall–Kier alpha value is -3.43. The highest BCUT2D eigenvalue weighted by atomic mass is 35.5. The summed E-state index contributed by atoms with van der Waals surface area (Å²) in [5.74, 6) is -0.257. The zero-order valence-electron chi connectivity index (χ0n) is 17.4. The maximum atomic E-state index is 13.4. The van der Waals surface area contributed by atoms with E-state index in [1.165, 1.54) is 43.7 Å². The third-order valence-electron chi connectivity index (χ3n) is 4.39.